The Hall–Kier alpha value is -2.83. The average Bonchev–Trinajstić information content (AvgIpc) is 3.10. The fourth-order valence-corrected chi connectivity index (χ4v) is 3.66. The van der Waals surface area contributed by atoms with Crippen LogP contribution in [-0.2, 0) is 25.7 Å². The van der Waals surface area contributed by atoms with Gasteiger partial charge in [0, 0.05) is 23.9 Å². The van der Waals surface area contributed by atoms with Gasteiger partial charge in [0.05, 0.1) is 18.1 Å². The van der Waals surface area contributed by atoms with Crippen LogP contribution in [0.25, 0.3) is 11.0 Å². The molecule has 0 bridgehead atoms. The number of fused-ring (bicyclic) bond motifs is 1. The SMILES string of the molecule is CCOC(=O)c1oc2ccccc2c1COC(=O)C1CCN(C(=O)C(C)(C)C)CC1. The molecule has 1 aromatic carbocycles. The van der Waals surface area contributed by atoms with Crippen molar-refractivity contribution in [1.29, 1.82) is 0 Å². The van der Waals surface area contributed by atoms with Gasteiger partial charge in [-0.25, -0.2) is 4.79 Å². The molecule has 3 rings (SSSR count). The van der Waals surface area contributed by atoms with Gasteiger partial charge >= 0.3 is 11.9 Å². The molecular weight excluding hydrogens is 386 g/mol. The van der Waals surface area contributed by atoms with E-state index in [0.29, 0.717) is 37.1 Å². The normalized spacial score (nSPS) is 15.3. The number of piperidine rings is 1. The Labute approximate surface area is 176 Å². The lowest BCUT2D eigenvalue weighted by Gasteiger charge is -2.34. The summed E-state index contributed by atoms with van der Waals surface area (Å²) in [7, 11) is 0. The van der Waals surface area contributed by atoms with Crippen LogP contribution in [-0.4, -0.2) is 42.4 Å². The van der Waals surface area contributed by atoms with Gasteiger partial charge in [-0.05, 0) is 25.8 Å². The van der Waals surface area contributed by atoms with Crippen molar-refractivity contribution in [3.8, 4) is 0 Å². The summed E-state index contributed by atoms with van der Waals surface area (Å²) >= 11 is 0. The minimum atomic E-state index is -0.575. The van der Waals surface area contributed by atoms with Crippen LogP contribution in [0.3, 0.4) is 0 Å². The summed E-state index contributed by atoms with van der Waals surface area (Å²) < 4.78 is 16.3. The molecule has 30 heavy (non-hydrogen) atoms. The van der Waals surface area contributed by atoms with E-state index in [2.05, 4.69) is 0 Å². The fourth-order valence-electron chi connectivity index (χ4n) is 3.66. The van der Waals surface area contributed by atoms with Gasteiger partial charge in [-0.1, -0.05) is 39.0 Å². The maximum atomic E-state index is 12.6. The molecule has 7 nitrogen and oxygen atoms in total. The van der Waals surface area contributed by atoms with Crippen LogP contribution >= 0.6 is 0 Å². The highest BCUT2D eigenvalue weighted by atomic mass is 16.5. The van der Waals surface area contributed by atoms with Crippen molar-refractivity contribution >= 4 is 28.8 Å². The number of esters is 2. The second-order valence-corrected chi connectivity index (χ2v) is 8.55. The first-order valence-corrected chi connectivity index (χ1v) is 10.4. The summed E-state index contributed by atoms with van der Waals surface area (Å²) in [5.74, 6) is -1.00. The molecule has 0 aliphatic carbocycles. The summed E-state index contributed by atoms with van der Waals surface area (Å²) in [6.45, 7) is 8.64. The maximum absolute atomic E-state index is 12.6. The number of carbonyl (C=O) groups is 3. The van der Waals surface area contributed by atoms with E-state index in [-0.39, 0.29) is 36.8 Å². The van der Waals surface area contributed by atoms with Crippen LogP contribution in [0.4, 0.5) is 0 Å². The van der Waals surface area contributed by atoms with E-state index in [4.69, 9.17) is 13.9 Å². The van der Waals surface area contributed by atoms with Crippen LogP contribution in [0, 0.1) is 11.3 Å². The molecule has 2 aromatic rings. The molecule has 1 amide bonds. The zero-order chi connectivity index (χ0) is 21.9. The third-order valence-electron chi connectivity index (χ3n) is 5.27. The number of ether oxygens (including phenoxy) is 2. The molecule has 1 aromatic heterocycles. The second kappa shape index (κ2) is 8.90. The topological polar surface area (TPSA) is 86.1 Å². The van der Waals surface area contributed by atoms with Gasteiger partial charge in [-0.15, -0.1) is 0 Å². The van der Waals surface area contributed by atoms with E-state index in [1.54, 1.807) is 13.0 Å². The Morgan fingerprint density at radius 2 is 1.77 bits per heavy atom. The van der Waals surface area contributed by atoms with Crippen LogP contribution < -0.4 is 0 Å². The summed E-state index contributed by atoms with van der Waals surface area (Å²) in [5, 5.41) is 0.721. The number of carbonyl (C=O) groups excluding carboxylic acids is 3. The number of para-hydroxylation sites is 1. The third-order valence-corrected chi connectivity index (χ3v) is 5.27. The standard InChI is InChI=1S/C23H29NO6/c1-5-28-21(26)19-17(16-8-6-7-9-18(16)30-19)14-29-20(25)15-10-12-24(13-11-15)22(27)23(2,3)4/h6-9,15H,5,10-14H2,1-4H3. The lowest BCUT2D eigenvalue weighted by molar-refractivity contribution is -0.154. The van der Waals surface area contributed by atoms with Crippen molar-refractivity contribution in [3.63, 3.8) is 0 Å². The predicted octanol–water partition coefficient (Wildman–Crippen LogP) is 3.94. The molecule has 1 fully saturated rings. The summed E-state index contributed by atoms with van der Waals surface area (Å²) in [5.41, 5.74) is 0.623. The first-order chi connectivity index (χ1) is 14.2. The Bertz CT molecular complexity index is 931. The number of furan rings is 1. The quantitative estimate of drug-likeness (QED) is 0.688. The van der Waals surface area contributed by atoms with Gasteiger partial charge in [0.2, 0.25) is 11.7 Å². The van der Waals surface area contributed by atoms with E-state index in [9.17, 15) is 14.4 Å². The van der Waals surface area contributed by atoms with Gasteiger partial charge in [-0.3, -0.25) is 9.59 Å². The second-order valence-electron chi connectivity index (χ2n) is 8.55. The molecule has 0 saturated carbocycles. The van der Waals surface area contributed by atoms with Gasteiger partial charge in [0.15, 0.2) is 0 Å². The largest absolute Gasteiger partial charge is 0.460 e. The molecule has 1 aliphatic heterocycles. The van der Waals surface area contributed by atoms with Crippen molar-refractivity contribution in [3.05, 3.63) is 35.6 Å². The highest BCUT2D eigenvalue weighted by Crippen LogP contribution is 2.29. The van der Waals surface area contributed by atoms with Crippen molar-refractivity contribution in [2.45, 2.75) is 47.1 Å². The molecule has 162 valence electrons. The van der Waals surface area contributed by atoms with E-state index >= 15 is 0 Å². The monoisotopic (exact) mass is 415 g/mol. The fraction of sp³-hybridized carbons (Fsp3) is 0.522. The Balaban J connectivity index is 1.65. The molecule has 0 atom stereocenters. The summed E-state index contributed by atoms with van der Waals surface area (Å²) in [4.78, 5) is 39.1. The molecule has 7 heteroatoms. The smallest absolute Gasteiger partial charge is 0.374 e. The van der Waals surface area contributed by atoms with Crippen LogP contribution in [0.2, 0.25) is 0 Å². The van der Waals surface area contributed by atoms with E-state index in [1.165, 1.54) is 0 Å². The van der Waals surface area contributed by atoms with Crippen molar-refractivity contribution in [1.82, 2.24) is 4.90 Å². The molecule has 0 unspecified atom stereocenters. The Kier molecular flexibility index (Phi) is 6.48. The van der Waals surface area contributed by atoms with E-state index in [0.717, 1.165) is 5.39 Å². The predicted molar refractivity (Wildman–Crippen MR) is 111 cm³/mol. The molecule has 1 saturated heterocycles. The number of rotatable bonds is 5. The number of amides is 1. The van der Waals surface area contributed by atoms with Gasteiger partial charge < -0.3 is 18.8 Å². The molecular formula is C23H29NO6. The minimum Gasteiger partial charge on any atom is -0.460 e. The van der Waals surface area contributed by atoms with Crippen molar-refractivity contribution in [2.75, 3.05) is 19.7 Å². The number of hydrogen-bond acceptors (Lipinski definition) is 6. The molecule has 2 heterocycles. The molecule has 0 N–H and O–H groups in total. The minimum absolute atomic E-state index is 0.0644. The maximum Gasteiger partial charge on any atom is 0.374 e. The highest BCUT2D eigenvalue weighted by Gasteiger charge is 2.33. The first kappa shape index (κ1) is 21.9. The third kappa shape index (κ3) is 4.66. The highest BCUT2D eigenvalue weighted by molar-refractivity contribution is 5.96. The lowest BCUT2D eigenvalue weighted by Crippen LogP contribution is -2.45. The zero-order valence-corrected chi connectivity index (χ0v) is 18.0. The van der Waals surface area contributed by atoms with Crippen LogP contribution in [0.5, 0.6) is 0 Å². The molecule has 0 spiro atoms. The van der Waals surface area contributed by atoms with Crippen LogP contribution in [0.15, 0.2) is 28.7 Å². The Morgan fingerprint density at radius 1 is 1.10 bits per heavy atom. The van der Waals surface area contributed by atoms with E-state index in [1.807, 2.05) is 43.9 Å². The van der Waals surface area contributed by atoms with Crippen LogP contribution in [0.1, 0.15) is 56.7 Å². The molecule has 0 radical (unpaired) electrons. The zero-order valence-electron chi connectivity index (χ0n) is 18.0. The Morgan fingerprint density at radius 3 is 2.40 bits per heavy atom. The summed E-state index contributed by atoms with van der Waals surface area (Å²) in [6, 6.07) is 7.22. The number of hydrogen-bond donors (Lipinski definition) is 0. The molecule has 1 aliphatic rings. The number of nitrogens with zero attached hydrogens (tertiary/aromatic N) is 1. The lowest BCUT2D eigenvalue weighted by atomic mass is 9.91. The number of likely N-dealkylation sites (tertiary alicyclic amines) is 1. The summed E-state index contributed by atoms with van der Waals surface area (Å²) in [6.07, 6.45) is 1.13. The number of benzene rings is 1. The van der Waals surface area contributed by atoms with Gasteiger partial charge in [-0.2, -0.15) is 0 Å². The van der Waals surface area contributed by atoms with E-state index < -0.39 is 11.4 Å². The average molecular weight is 415 g/mol. The van der Waals surface area contributed by atoms with Gasteiger partial charge in [0.25, 0.3) is 0 Å². The van der Waals surface area contributed by atoms with Crippen molar-refractivity contribution < 1.29 is 28.3 Å². The van der Waals surface area contributed by atoms with Gasteiger partial charge in [0.1, 0.15) is 12.2 Å². The van der Waals surface area contributed by atoms with Crippen molar-refractivity contribution in [2.24, 2.45) is 11.3 Å². The first-order valence-electron chi connectivity index (χ1n) is 10.4.